The molecule has 1 amide bonds. The summed E-state index contributed by atoms with van der Waals surface area (Å²) < 4.78 is 5.33. The number of nitrogens with one attached hydrogen (secondary N) is 1. The van der Waals surface area contributed by atoms with Crippen molar-refractivity contribution in [3.63, 3.8) is 0 Å². The van der Waals surface area contributed by atoms with E-state index in [4.69, 9.17) is 4.42 Å². The Hall–Kier alpha value is -0.840. The molecule has 1 saturated carbocycles. The van der Waals surface area contributed by atoms with Crippen LogP contribution in [0.25, 0.3) is 0 Å². The second-order valence-electron chi connectivity index (χ2n) is 4.99. The minimum Gasteiger partial charge on any atom is -0.436 e. The summed E-state index contributed by atoms with van der Waals surface area (Å²) in [6.45, 7) is 3.55. The normalized spacial score (nSPS) is 23.9. The van der Waals surface area contributed by atoms with E-state index in [0.717, 1.165) is 24.1 Å². The number of oxazole rings is 1. The molecule has 1 aliphatic rings. The maximum Gasteiger partial charge on any atom is 0.289 e. The summed E-state index contributed by atoms with van der Waals surface area (Å²) in [5, 5.41) is 4.11. The van der Waals surface area contributed by atoms with Crippen molar-refractivity contribution in [1.82, 2.24) is 10.3 Å². The van der Waals surface area contributed by atoms with Crippen molar-refractivity contribution in [1.29, 1.82) is 0 Å². The highest BCUT2D eigenvalue weighted by Crippen LogP contribution is 2.25. The maximum absolute atomic E-state index is 12.0. The van der Waals surface area contributed by atoms with Crippen LogP contribution in [0.15, 0.2) is 4.42 Å². The highest BCUT2D eigenvalue weighted by atomic mass is 79.9. The van der Waals surface area contributed by atoms with Crippen molar-refractivity contribution >= 4 is 21.8 Å². The first-order valence-corrected chi connectivity index (χ1v) is 7.53. The summed E-state index contributed by atoms with van der Waals surface area (Å²) >= 11 is 3.52. The van der Waals surface area contributed by atoms with Crippen LogP contribution in [0.1, 0.15) is 47.8 Å². The van der Waals surface area contributed by atoms with Crippen LogP contribution in [0.4, 0.5) is 0 Å². The standard InChI is InChI=1S/C13H19BrN2O2/c1-8-12(18-9(2)15-8)13(17)16-11-5-3-10(7-14)4-6-11/h10-11H,3-7H2,1-2H3,(H,16,17). The molecular weight excluding hydrogens is 296 g/mol. The van der Waals surface area contributed by atoms with Crippen LogP contribution in [-0.4, -0.2) is 22.3 Å². The van der Waals surface area contributed by atoms with Crippen molar-refractivity contribution in [2.45, 2.75) is 45.6 Å². The zero-order valence-electron chi connectivity index (χ0n) is 10.8. The van der Waals surface area contributed by atoms with Gasteiger partial charge in [-0.3, -0.25) is 4.79 Å². The topological polar surface area (TPSA) is 55.1 Å². The van der Waals surface area contributed by atoms with Gasteiger partial charge in [-0.05, 0) is 38.5 Å². The zero-order chi connectivity index (χ0) is 13.1. The number of halogens is 1. The third kappa shape index (κ3) is 3.13. The monoisotopic (exact) mass is 314 g/mol. The smallest absolute Gasteiger partial charge is 0.289 e. The van der Waals surface area contributed by atoms with Gasteiger partial charge in [0.2, 0.25) is 5.76 Å². The minimum atomic E-state index is -0.129. The van der Waals surface area contributed by atoms with E-state index in [-0.39, 0.29) is 11.9 Å². The molecule has 1 aromatic heterocycles. The highest BCUT2D eigenvalue weighted by molar-refractivity contribution is 9.09. The number of hydrogen-bond acceptors (Lipinski definition) is 3. The summed E-state index contributed by atoms with van der Waals surface area (Å²) in [7, 11) is 0. The van der Waals surface area contributed by atoms with Gasteiger partial charge in [-0.15, -0.1) is 0 Å². The lowest BCUT2D eigenvalue weighted by molar-refractivity contribution is 0.0893. The Morgan fingerprint density at radius 1 is 1.39 bits per heavy atom. The molecule has 100 valence electrons. The molecule has 0 spiro atoms. The van der Waals surface area contributed by atoms with Crippen LogP contribution >= 0.6 is 15.9 Å². The van der Waals surface area contributed by atoms with E-state index in [1.54, 1.807) is 13.8 Å². The van der Waals surface area contributed by atoms with Crippen molar-refractivity contribution in [2.75, 3.05) is 5.33 Å². The molecular formula is C13H19BrN2O2. The first-order chi connectivity index (χ1) is 8.60. The predicted molar refractivity (Wildman–Crippen MR) is 73.0 cm³/mol. The van der Waals surface area contributed by atoms with E-state index in [0.29, 0.717) is 17.3 Å². The molecule has 0 atom stereocenters. The number of hydrogen-bond donors (Lipinski definition) is 1. The number of aromatic nitrogens is 1. The van der Waals surface area contributed by atoms with Crippen LogP contribution in [0.2, 0.25) is 0 Å². The fourth-order valence-corrected chi connectivity index (χ4v) is 3.10. The molecule has 4 nitrogen and oxygen atoms in total. The number of rotatable bonds is 3. The van der Waals surface area contributed by atoms with Crippen molar-refractivity contribution in [3.8, 4) is 0 Å². The van der Waals surface area contributed by atoms with Gasteiger partial charge in [-0.1, -0.05) is 15.9 Å². The molecule has 0 aliphatic heterocycles. The Labute approximate surface area is 116 Å². The molecule has 1 aliphatic carbocycles. The van der Waals surface area contributed by atoms with E-state index in [2.05, 4.69) is 26.2 Å². The van der Waals surface area contributed by atoms with Gasteiger partial charge in [0.1, 0.15) is 0 Å². The first-order valence-electron chi connectivity index (χ1n) is 6.41. The molecule has 1 aromatic rings. The van der Waals surface area contributed by atoms with Crippen molar-refractivity contribution in [2.24, 2.45) is 5.92 Å². The van der Waals surface area contributed by atoms with Crippen LogP contribution < -0.4 is 5.32 Å². The molecule has 5 heteroatoms. The third-order valence-corrected chi connectivity index (χ3v) is 4.43. The van der Waals surface area contributed by atoms with Gasteiger partial charge in [0.05, 0.1) is 5.69 Å². The quantitative estimate of drug-likeness (QED) is 0.873. The van der Waals surface area contributed by atoms with E-state index < -0.39 is 0 Å². The Bertz CT molecular complexity index is 423. The number of carbonyl (C=O) groups is 1. The summed E-state index contributed by atoms with van der Waals surface area (Å²) in [4.78, 5) is 16.2. The summed E-state index contributed by atoms with van der Waals surface area (Å²) in [6, 6.07) is 0.276. The number of amides is 1. The van der Waals surface area contributed by atoms with Gasteiger partial charge in [0, 0.05) is 18.3 Å². The molecule has 18 heavy (non-hydrogen) atoms. The van der Waals surface area contributed by atoms with Gasteiger partial charge in [0.25, 0.3) is 5.91 Å². The fourth-order valence-electron chi connectivity index (χ4n) is 2.45. The van der Waals surface area contributed by atoms with Gasteiger partial charge in [-0.2, -0.15) is 0 Å². The van der Waals surface area contributed by atoms with Crippen LogP contribution in [0, 0.1) is 19.8 Å². The Kier molecular flexibility index (Phi) is 4.43. The summed E-state index contributed by atoms with van der Waals surface area (Å²) in [5.74, 6) is 1.53. The van der Waals surface area contributed by atoms with Gasteiger partial charge < -0.3 is 9.73 Å². The van der Waals surface area contributed by atoms with Crippen molar-refractivity contribution < 1.29 is 9.21 Å². The third-order valence-electron chi connectivity index (χ3n) is 3.51. The first kappa shape index (κ1) is 13.6. The number of aryl methyl sites for hydroxylation is 2. The molecule has 0 radical (unpaired) electrons. The van der Waals surface area contributed by atoms with Gasteiger partial charge in [-0.25, -0.2) is 4.98 Å². The molecule has 1 N–H and O–H groups in total. The highest BCUT2D eigenvalue weighted by Gasteiger charge is 2.24. The maximum atomic E-state index is 12.0. The lowest BCUT2D eigenvalue weighted by Gasteiger charge is -2.27. The lowest BCUT2D eigenvalue weighted by atomic mass is 9.87. The molecule has 1 heterocycles. The van der Waals surface area contributed by atoms with E-state index in [1.165, 1.54) is 12.8 Å². The Morgan fingerprint density at radius 3 is 2.56 bits per heavy atom. The second kappa shape index (κ2) is 5.87. The van der Waals surface area contributed by atoms with E-state index >= 15 is 0 Å². The van der Waals surface area contributed by atoms with Crippen LogP contribution in [0.3, 0.4) is 0 Å². The fraction of sp³-hybridized carbons (Fsp3) is 0.692. The van der Waals surface area contributed by atoms with E-state index in [9.17, 15) is 4.79 Å². The lowest BCUT2D eigenvalue weighted by Crippen LogP contribution is -2.37. The Morgan fingerprint density at radius 2 is 2.06 bits per heavy atom. The number of carbonyl (C=O) groups excluding carboxylic acids is 1. The molecule has 2 rings (SSSR count). The van der Waals surface area contributed by atoms with Crippen LogP contribution in [-0.2, 0) is 0 Å². The number of alkyl halides is 1. The average Bonchev–Trinajstić information content (AvgIpc) is 2.69. The van der Waals surface area contributed by atoms with Gasteiger partial charge >= 0.3 is 0 Å². The number of nitrogens with zero attached hydrogens (tertiary/aromatic N) is 1. The molecule has 0 unspecified atom stereocenters. The molecule has 1 fully saturated rings. The molecule has 0 aromatic carbocycles. The molecule has 0 bridgehead atoms. The summed E-state index contributed by atoms with van der Waals surface area (Å²) in [5.41, 5.74) is 0.666. The van der Waals surface area contributed by atoms with Crippen LogP contribution in [0.5, 0.6) is 0 Å². The minimum absolute atomic E-state index is 0.129. The SMILES string of the molecule is Cc1nc(C)c(C(=O)NC2CCC(CBr)CC2)o1. The summed E-state index contributed by atoms with van der Waals surface area (Å²) in [6.07, 6.45) is 4.44. The second-order valence-corrected chi connectivity index (χ2v) is 5.64. The van der Waals surface area contributed by atoms with E-state index in [1.807, 2.05) is 0 Å². The predicted octanol–water partition coefficient (Wildman–Crippen LogP) is 2.97. The Balaban J connectivity index is 1.90. The van der Waals surface area contributed by atoms with Gasteiger partial charge in [0.15, 0.2) is 5.89 Å². The zero-order valence-corrected chi connectivity index (χ0v) is 12.4. The van der Waals surface area contributed by atoms with Crippen molar-refractivity contribution in [3.05, 3.63) is 17.3 Å². The largest absolute Gasteiger partial charge is 0.436 e. The molecule has 0 saturated heterocycles. The average molecular weight is 315 g/mol.